The quantitative estimate of drug-likeness (QED) is 0.569. The minimum absolute atomic E-state index is 0.177. The number of phenolic OH excluding ortho intramolecular Hbond substituents is 1. The van der Waals surface area contributed by atoms with Gasteiger partial charge in [-0.3, -0.25) is 0 Å². The SMILES string of the molecule is Oc1ccc(I)cc1-c1nc2cc(Cl)c(Cl)cc2[nH]1. The van der Waals surface area contributed by atoms with Gasteiger partial charge in [0.1, 0.15) is 11.6 Å². The van der Waals surface area contributed by atoms with Gasteiger partial charge in [0.15, 0.2) is 0 Å². The number of aromatic hydroxyl groups is 1. The molecule has 3 aromatic rings. The van der Waals surface area contributed by atoms with E-state index in [-0.39, 0.29) is 5.75 Å². The second-order valence-corrected chi connectivity index (χ2v) is 6.09. The number of phenols is 1. The molecule has 2 N–H and O–H groups in total. The Morgan fingerprint density at radius 3 is 2.63 bits per heavy atom. The lowest BCUT2D eigenvalue weighted by molar-refractivity contribution is 0.477. The average Bonchev–Trinajstić information content (AvgIpc) is 2.75. The second kappa shape index (κ2) is 4.85. The molecule has 1 aromatic heterocycles. The zero-order valence-corrected chi connectivity index (χ0v) is 13.1. The first kappa shape index (κ1) is 13.0. The molecule has 2 aromatic carbocycles. The molecule has 0 fully saturated rings. The number of nitrogens with one attached hydrogen (secondary N) is 1. The number of aromatic nitrogens is 2. The summed E-state index contributed by atoms with van der Waals surface area (Å²) in [6, 6.07) is 8.75. The predicted molar refractivity (Wildman–Crippen MR) is 85.9 cm³/mol. The number of H-pyrrole nitrogens is 1. The summed E-state index contributed by atoms with van der Waals surface area (Å²) in [5, 5.41) is 10.8. The number of nitrogens with zero attached hydrogens (tertiary/aromatic N) is 1. The van der Waals surface area contributed by atoms with Crippen LogP contribution in [0.25, 0.3) is 22.4 Å². The summed E-state index contributed by atoms with van der Waals surface area (Å²) in [5.41, 5.74) is 2.14. The van der Waals surface area contributed by atoms with Gasteiger partial charge in [0.2, 0.25) is 0 Å². The zero-order valence-electron chi connectivity index (χ0n) is 9.42. The van der Waals surface area contributed by atoms with Gasteiger partial charge < -0.3 is 10.1 Å². The molecular weight excluding hydrogens is 398 g/mol. The van der Waals surface area contributed by atoms with Crippen molar-refractivity contribution in [2.45, 2.75) is 0 Å². The van der Waals surface area contributed by atoms with Crippen LogP contribution in [0.15, 0.2) is 30.3 Å². The van der Waals surface area contributed by atoms with E-state index in [1.165, 1.54) is 0 Å². The van der Waals surface area contributed by atoms with Crippen molar-refractivity contribution < 1.29 is 5.11 Å². The van der Waals surface area contributed by atoms with E-state index in [1.807, 2.05) is 12.1 Å². The van der Waals surface area contributed by atoms with Gasteiger partial charge >= 0.3 is 0 Å². The summed E-state index contributed by atoms with van der Waals surface area (Å²) in [4.78, 5) is 7.56. The van der Waals surface area contributed by atoms with Gasteiger partial charge in [-0.2, -0.15) is 0 Å². The first-order valence-corrected chi connectivity index (χ1v) is 7.22. The Morgan fingerprint density at radius 2 is 1.84 bits per heavy atom. The van der Waals surface area contributed by atoms with Crippen LogP contribution in [-0.4, -0.2) is 15.1 Å². The fourth-order valence-electron chi connectivity index (χ4n) is 1.83. The third-order valence-corrected chi connectivity index (χ3v) is 4.13. The lowest BCUT2D eigenvalue weighted by Crippen LogP contribution is -1.82. The number of hydrogen-bond donors (Lipinski definition) is 2. The molecule has 0 spiro atoms. The summed E-state index contributed by atoms with van der Waals surface area (Å²) in [6.07, 6.45) is 0. The van der Waals surface area contributed by atoms with E-state index < -0.39 is 0 Å². The number of fused-ring (bicyclic) bond motifs is 1. The van der Waals surface area contributed by atoms with Crippen LogP contribution in [-0.2, 0) is 0 Å². The highest BCUT2D eigenvalue weighted by Gasteiger charge is 2.11. The highest BCUT2D eigenvalue weighted by atomic mass is 127. The van der Waals surface area contributed by atoms with E-state index in [0.29, 0.717) is 26.9 Å². The van der Waals surface area contributed by atoms with Gasteiger partial charge in [-0.05, 0) is 52.9 Å². The number of benzene rings is 2. The molecule has 0 aliphatic carbocycles. The summed E-state index contributed by atoms with van der Waals surface area (Å²) < 4.78 is 1.02. The molecule has 96 valence electrons. The summed E-state index contributed by atoms with van der Waals surface area (Å²) in [7, 11) is 0. The number of hydrogen-bond acceptors (Lipinski definition) is 2. The van der Waals surface area contributed by atoms with Gasteiger partial charge in [0.05, 0.1) is 26.6 Å². The van der Waals surface area contributed by atoms with Crippen LogP contribution in [0.1, 0.15) is 0 Å². The van der Waals surface area contributed by atoms with Crippen molar-refractivity contribution in [2.24, 2.45) is 0 Å². The van der Waals surface area contributed by atoms with Crippen LogP contribution in [0.3, 0.4) is 0 Å². The molecular formula is C13H7Cl2IN2O. The van der Waals surface area contributed by atoms with Crippen molar-refractivity contribution in [3.05, 3.63) is 43.9 Å². The summed E-state index contributed by atoms with van der Waals surface area (Å²) in [6.45, 7) is 0. The molecule has 0 amide bonds. The summed E-state index contributed by atoms with van der Waals surface area (Å²) in [5.74, 6) is 0.765. The van der Waals surface area contributed by atoms with Gasteiger partial charge in [-0.25, -0.2) is 4.98 Å². The van der Waals surface area contributed by atoms with Crippen LogP contribution in [0.4, 0.5) is 0 Å². The van der Waals surface area contributed by atoms with E-state index >= 15 is 0 Å². The number of rotatable bonds is 1. The van der Waals surface area contributed by atoms with Crippen molar-refractivity contribution in [3.8, 4) is 17.1 Å². The first-order valence-electron chi connectivity index (χ1n) is 5.38. The molecule has 0 saturated heterocycles. The molecule has 0 saturated carbocycles. The molecule has 6 heteroatoms. The Kier molecular flexibility index (Phi) is 3.32. The van der Waals surface area contributed by atoms with Gasteiger partial charge in [-0.15, -0.1) is 0 Å². The van der Waals surface area contributed by atoms with Gasteiger partial charge in [-0.1, -0.05) is 23.2 Å². The predicted octanol–water partition coefficient (Wildman–Crippen LogP) is 4.85. The molecule has 1 heterocycles. The largest absolute Gasteiger partial charge is 0.507 e. The third-order valence-electron chi connectivity index (χ3n) is 2.74. The third kappa shape index (κ3) is 2.40. The van der Waals surface area contributed by atoms with Crippen LogP contribution < -0.4 is 0 Å². The van der Waals surface area contributed by atoms with Crippen LogP contribution in [0.5, 0.6) is 5.75 Å². The Morgan fingerprint density at radius 1 is 1.11 bits per heavy atom. The van der Waals surface area contributed by atoms with Crippen molar-refractivity contribution in [1.29, 1.82) is 0 Å². The fraction of sp³-hybridized carbons (Fsp3) is 0. The maximum atomic E-state index is 9.91. The summed E-state index contributed by atoms with van der Waals surface area (Å²) >= 11 is 14.1. The van der Waals surface area contributed by atoms with E-state index in [2.05, 4.69) is 32.6 Å². The molecule has 0 atom stereocenters. The Labute approximate surface area is 132 Å². The number of imidazole rings is 1. The highest BCUT2D eigenvalue weighted by molar-refractivity contribution is 14.1. The van der Waals surface area contributed by atoms with E-state index in [9.17, 15) is 5.11 Å². The topological polar surface area (TPSA) is 48.9 Å². The molecule has 19 heavy (non-hydrogen) atoms. The molecule has 0 aliphatic rings. The lowest BCUT2D eigenvalue weighted by atomic mass is 10.2. The standard InChI is InChI=1S/C13H7Cl2IN2O/c14-8-4-10-11(5-9(8)15)18-13(17-10)7-3-6(16)1-2-12(7)19/h1-5,19H,(H,17,18). The molecule has 0 unspecified atom stereocenters. The minimum atomic E-state index is 0.177. The Balaban J connectivity index is 2.23. The van der Waals surface area contributed by atoms with Crippen LogP contribution in [0, 0.1) is 3.57 Å². The average molecular weight is 405 g/mol. The molecule has 3 nitrogen and oxygen atoms in total. The molecule has 0 bridgehead atoms. The van der Waals surface area contributed by atoms with Gasteiger partial charge in [0.25, 0.3) is 0 Å². The number of halogens is 3. The monoisotopic (exact) mass is 404 g/mol. The highest BCUT2D eigenvalue weighted by Crippen LogP contribution is 2.32. The van der Waals surface area contributed by atoms with Crippen molar-refractivity contribution in [2.75, 3.05) is 0 Å². The fourth-order valence-corrected chi connectivity index (χ4v) is 2.64. The molecule has 3 rings (SSSR count). The Hall–Kier alpha value is -0.980. The van der Waals surface area contributed by atoms with E-state index in [1.54, 1.807) is 18.2 Å². The van der Waals surface area contributed by atoms with Crippen molar-refractivity contribution in [1.82, 2.24) is 9.97 Å². The maximum Gasteiger partial charge on any atom is 0.142 e. The molecule has 0 aliphatic heterocycles. The lowest BCUT2D eigenvalue weighted by Gasteiger charge is -2.01. The minimum Gasteiger partial charge on any atom is -0.507 e. The van der Waals surface area contributed by atoms with Crippen molar-refractivity contribution in [3.63, 3.8) is 0 Å². The molecule has 0 radical (unpaired) electrons. The van der Waals surface area contributed by atoms with E-state index in [4.69, 9.17) is 23.2 Å². The smallest absolute Gasteiger partial charge is 0.142 e. The number of aromatic amines is 1. The van der Waals surface area contributed by atoms with Crippen LogP contribution in [0.2, 0.25) is 10.0 Å². The second-order valence-electron chi connectivity index (χ2n) is 4.03. The first-order chi connectivity index (χ1) is 9.04. The van der Waals surface area contributed by atoms with Crippen LogP contribution >= 0.6 is 45.8 Å². The van der Waals surface area contributed by atoms with Gasteiger partial charge in [0, 0.05) is 3.57 Å². The van der Waals surface area contributed by atoms with E-state index in [0.717, 1.165) is 9.09 Å². The Bertz CT molecular complexity index is 747. The normalized spacial score (nSPS) is 11.1. The maximum absolute atomic E-state index is 9.91. The van der Waals surface area contributed by atoms with Crippen molar-refractivity contribution >= 4 is 56.8 Å². The zero-order chi connectivity index (χ0) is 13.6.